The van der Waals surface area contributed by atoms with Crippen LogP contribution in [-0.4, -0.2) is 37.0 Å². The Hall–Kier alpha value is -0.810. The Morgan fingerprint density at radius 2 is 1.95 bits per heavy atom. The van der Waals surface area contributed by atoms with Crippen LogP contribution in [0.25, 0.3) is 0 Å². The SMILES string of the molecule is CC(=O)Oc1cccc([C@H](C)N2CCNCC2)c1.Cl.Cl. The number of carbonyl (C=O) groups is 1. The summed E-state index contributed by atoms with van der Waals surface area (Å²) in [6.07, 6.45) is 0. The van der Waals surface area contributed by atoms with Crippen LogP contribution in [0.3, 0.4) is 0 Å². The summed E-state index contributed by atoms with van der Waals surface area (Å²) < 4.78 is 5.12. The second kappa shape index (κ2) is 9.19. The molecule has 114 valence electrons. The predicted octanol–water partition coefficient (Wildman–Crippen LogP) is 2.42. The van der Waals surface area contributed by atoms with Gasteiger partial charge >= 0.3 is 5.97 Å². The van der Waals surface area contributed by atoms with Gasteiger partial charge in [0.2, 0.25) is 0 Å². The van der Waals surface area contributed by atoms with Gasteiger partial charge in [-0.15, -0.1) is 24.8 Å². The third-order valence-corrected chi connectivity index (χ3v) is 3.30. The third-order valence-electron chi connectivity index (χ3n) is 3.30. The van der Waals surface area contributed by atoms with Crippen LogP contribution >= 0.6 is 24.8 Å². The van der Waals surface area contributed by atoms with Crippen molar-refractivity contribution >= 4 is 30.8 Å². The van der Waals surface area contributed by atoms with E-state index in [1.165, 1.54) is 12.5 Å². The van der Waals surface area contributed by atoms with Crippen LogP contribution in [0, 0.1) is 0 Å². The Morgan fingerprint density at radius 1 is 1.30 bits per heavy atom. The van der Waals surface area contributed by atoms with Crippen molar-refractivity contribution in [1.29, 1.82) is 0 Å². The van der Waals surface area contributed by atoms with Gasteiger partial charge < -0.3 is 10.1 Å². The Kier molecular flexibility index (Phi) is 8.81. The van der Waals surface area contributed by atoms with Crippen molar-refractivity contribution in [3.8, 4) is 5.75 Å². The molecule has 1 atom stereocenters. The van der Waals surface area contributed by atoms with Gasteiger partial charge in [-0.2, -0.15) is 0 Å². The van der Waals surface area contributed by atoms with Crippen molar-refractivity contribution in [3.63, 3.8) is 0 Å². The molecule has 1 heterocycles. The number of benzene rings is 1. The maximum absolute atomic E-state index is 11.0. The van der Waals surface area contributed by atoms with Crippen LogP contribution < -0.4 is 10.1 Å². The van der Waals surface area contributed by atoms with Crippen LogP contribution in [0.15, 0.2) is 24.3 Å². The van der Waals surface area contributed by atoms with E-state index in [0.717, 1.165) is 26.2 Å². The molecule has 1 aliphatic heterocycles. The number of piperazine rings is 1. The Bertz CT molecular complexity index is 423. The molecule has 1 aliphatic rings. The van der Waals surface area contributed by atoms with Crippen LogP contribution in [0.5, 0.6) is 5.75 Å². The number of nitrogens with zero attached hydrogens (tertiary/aromatic N) is 1. The summed E-state index contributed by atoms with van der Waals surface area (Å²) in [6, 6.07) is 8.14. The zero-order chi connectivity index (χ0) is 13.0. The molecule has 0 spiro atoms. The molecule has 0 saturated carbocycles. The number of hydrogen-bond donors (Lipinski definition) is 1. The summed E-state index contributed by atoms with van der Waals surface area (Å²) in [5, 5.41) is 3.35. The van der Waals surface area contributed by atoms with Crippen molar-refractivity contribution in [2.45, 2.75) is 19.9 Å². The van der Waals surface area contributed by atoms with Gasteiger partial charge in [0, 0.05) is 39.1 Å². The molecular formula is C14H22Cl2N2O2. The Balaban J connectivity index is 0.00000180. The number of halogens is 2. The molecule has 0 unspecified atom stereocenters. The number of rotatable bonds is 3. The minimum absolute atomic E-state index is 0. The van der Waals surface area contributed by atoms with Gasteiger partial charge in [-0.05, 0) is 24.6 Å². The summed E-state index contributed by atoms with van der Waals surface area (Å²) in [7, 11) is 0. The summed E-state index contributed by atoms with van der Waals surface area (Å²) in [5.41, 5.74) is 1.19. The minimum Gasteiger partial charge on any atom is -0.427 e. The molecule has 0 aromatic heterocycles. The Morgan fingerprint density at radius 3 is 2.55 bits per heavy atom. The first kappa shape index (κ1) is 19.2. The van der Waals surface area contributed by atoms with Gasteiger partial charge in [0.25, 0.3) is 0 Å². The van der Waals surface area contributed by atoms with Crippen LogP contribution in [0.2, 0.25) is 0 Å². The van der Waals surface area contributed by atoms with Crippen LogP contribution in [0.4, 0.5) is 0 Å². The van der Waals surface area contributed by atoms with E-state index in [0.29, 0.717) is 11.8 Å². The van der Waals surface area contributed by atoms with Gasteiger partial charge in [-0.1, -0.05) is 12.1 Å². The second-order valence-electron chi connectivity index (χ2n) is 4.63. The van der Waals surface area contributed by atoms with Crippen molar-refractivity contribution in [2.24, 2.45) is 0 Å². The number of esters is 1. The van der Waals surface area contributed by atoms with Gasteiger partial charge in [0.15, 0.2) is 0 Å². The highest BCUT2D eigenvalue weighted by molar-refractivity contribution is 5.85. The van der Waals surface area contributed by atoms with E-state index in [2.05, 4.69) is 23.2 Å². The van der Waals surface area contributed by atoms with Gasteiger partial charge in [-0.25, -0.2) is 0 Å². The number of hydrogen-bond acceptors (Lipinski definition) is 4. The lowest BCUT2D eigenvalue weighted by atomic mass is 10.1. The van der Waals surface area contributed by atoms with E-state index in [1.54, 1.807) is 0 Å². The molecule has 1 fully saturated rings. The molecule has 1 N–H and O–H groups in total. The largest absolute Gasteiger partial charge is 0.427 e. The summed E-state index contributed by atoms with van der Waals surface area (Å²) in [5.74, 6) is 0.351. The Labute approximate surface area is 132 Å². The highest BCUT2D eigenvalue weighted by atomic mass is 35.5. The van der Waals surface area contributed by atoms with Crippen LogP contribution in [-0.2, 0) is 4.79 Å². The molecular weight excluding hydrogens is 299 g/mol. The van der Waals surface area contributed by atoms with Crippen molar-refractivity contribution in [3.05, 3.63) is 29.8 Å². The second-order valence-corrected chi connectivity index (χ2v) is 4.63. The first-order valence-corrected chi connectivity index (χ1v) is 6.40. The first-order chi connectivity index (χ1) is 8.66. The molecule has 0 radical (unpaired) electrons. The average molecular weight is 321 g/mol. The average Bonchev–Trinajstić information content (AvgIpc) is 2.38. The molecule has 1 aromatic rings. The molecule has 4 nitrogen and oxygen atoms in total. The van der Waals surface area contributed by atoms with Gasteiger partial charge in [0.05, 0.1) is 0 Å². The maximum Gasteiger partial charge on any atom is 0.308 e. The van der Waals surface area contributed by atoms with E-state index in [1.807, 2.05) is 18.2 Å². The summed E-state index contributed by atoms with van der Waals surface area (Å²) in [6.45, 7) is 7.80. The zero-order valence-electron chi connectivity index (χ0n) is 11.8. The lowest BCUT2D eigenvalue weighted by Crippen LogP contribution is -2.44. The summed E-state index contributed by atoms with van der Waals surface area (Å²) in [4.78, 5) is 13.4. The minimum atomic E-state index is -0.276. The smallest absolute Gasteiger partial charge is 0.308 e. The third kappa shape index (κ3) is 5.29. The molecule has 2 rings (SSSR count). The molecule has 0 aliphatic carbocycles. The number of nitrogens with one attached hydrogen (secondary N) is 1. The monoisotopic (exact) mass is 320 g/mol. The molecule has 0 amide bonds. The number of carbonyl (C=O) groups excluding carboxylic acids is 1. The lowest BCUT2D eigenvalue weighted by Gasteiger charge is -2.33. The highest BCUT2D eigenvalue weighted by Crippen LogP contribution is 2.24. The summed E-state index contributed by atoms with van der Waals surface area (Å²) >= 11 is 0. The normalized spacial score (nSPS) is 16.5. The molecule has 0 bridgehead atoms. The van der Waals surface area contributed by atoms with E-state index in [-0.39, 0.29) is 30.8 Å². The fourth-order valence-electron chi connectivity index (χ4n) is 2.28. The predicted molar refractivity (Wildman–Crippen MR) is 85.1 cm³/mol. The number of ether oxygens (including phenoxy) is 1. The van der Waals surface area contributed by atoms with Gasteiger partial charge in [-0.3, -0.25) is 9.69 Å². The lowest BCUT2D eigenvalue weighted by molar-refractivity contribution is -0.131. The highest BCUT2D eigenvalue weighted by Gasteiger charge is 2.18. The van der Waals surface area contributed by atoms with Crippen molar-refractivity contribution in [2.75, 3.05) is 26.2 Å². The van der Waals surface area contributed by atoms with Crippen LogP contribution in [0.1, 0.15) is 25.5 Å². The van der Waals surface area contributed by atoms with E-state index in [4.69, 9.17) is 4.74 Å². The molecule has 1 aromatic carbocycles. The molecule has 6 heteroatoms. The van der Waals surface area contributed by atoms with E-state index >= 15 is 0 Å². The van der Waals surface area contributed by atoms with E-state index in [9.17, 15) is 4.79 Å². The standard InChI is InChI=1S/C14H20N2O2.2ClH/c1-11(16-8-6-15-7-9-16)13-4-3-5-14(10-13)18-12(2)17;;/h3-5,10-11,15H,6-9H2,1-2H3;2*1H/t11-;;/m0../s1. The maximum atomic E-state index is 11.0. The molecule has 1 saturated heterocycles. The van der Waals surface area contributed by atoms with E-state index < -0.39 is 0 Å². The van der Waals surface area contributed by atoms with Crippen molar-refractivity contribution < 1.29 is 9.53 Å². The topological polar surface area (TPSA) is 41.6 Å². The quantitative estimate of drug-likeness (QED) is 0.686. The zero-order valence-corrected chi connectivity index (χ0v) is 13.4. The van der Waals surface area contributed by atoms with Gasteiger partial charge in [0.1, 0.15) is 5.75 Å². The van der Waals surface area contributed by atoms with Crippen molar-refractivity contribution in [1.82, 2.24) is 10.2 Å². The fourth-order valence-corrected chi connectivity index (χ4v) is 2.28. The first-order valence-electron chi connectivity index (χ1n) is 6.40. The molecule has 20 heavy (non-hydrogen) atoms. The fraction of sp³-hybridized carbons (Fsp3) is 0.500.